The predicted molar refractivity (Wildman–Crippen MR) is 151 cm³/mol. The SMILES string of the molecule is CCOCCCNC(=O)[C@@H](c1ccc(C)cc1)N(Cc1ccc2c(c1)OCO2)C(=O)c1ccc(NC(C)=O)cc1. The summed E-state index contributed by atoms with van der Waals surface area (Å²) < 4.78 is 16.4. The first kappa shape index (κ1) is 28.6. The van der Waals surface area contributed by atoms with Crippen LogP contribution in [0.4, 0.5) is 5.69 Å². The summed E-state index contributed by atoms with van der Waals surface area (Å²) >= 11 is 0. The molecule has 9 heteroatoms. The third-order valence-corrected chi connectivity index (χ3v) is 6.42. The lowest BCUT2D eigenvalue weighted by atomic mass is 10.00. The third-order valence-electron chi connectivity index (χ3n) is 6.42. The monoisotopic (exact) mass is 545 g/mol. The van der Waals surface area contributed by atoms with Crippen LogP contribution in [0.25, 0.3) is 0 Å². The molecule has 4 rings (SSSR count). The Morgan fingerprint density at radius 1 is 0.975 bits per heavy atom. The molecule has 0 saturated carbocycles. The van der Waals surface area contributed by atoms with E-state index in [1.165, 1.54) is 6.92 Å². The highest BCUT2D eigenvalue weighted by Crippen LogP contribution is 2.34. The van der Waals surface area contributed by atoms with Crippen molar-refractivity contribution in [1.29, 1.82) is 0 Å². The molecular formula is C31H35N3O6. The maximum absolute atomic E-state index is 14.1. The molecule has 0 saturated heterocycles. The Labute approximate surface area is 234 Å². The number of rotatable bonds is 12. The number of amides is 3. The van der Waals surface area contributed by atoms with Gasteiger partial charge in [0, 0.05) is 44.5 Å². The van der Waals surface area contributed by atoms with Gasteiger partial charge in [0.1, 0.15) is 6.04 Å². The molecule has 3 aromatic carbocycles. The molecule has 1 atom stereocenters. The number of hydrogen-bond donors (Lipinski definition) is 2. The summed E-state index contributed by atoms with van der Waals surface area (Å²) in [4.78, 5) is 40.9. The normalized spacial score (nSPS) is 12.5. The molecule has 0 bridgehead atoms. The second kappa shape index (κ2) is 13.6. The first-order valence-electron chi connectivity index (χ1n) is 13.3. The van der Waals surface area contributed by atoms with Crippen LogP contribution in [-0.2, 0) is 20.9 Å². The van der Waals surface area contributed by atoms with E-state index in [0.717, 1.165) is 11.1 Å². The fourth-order valence-corrected chi connectivity index (χ4v) is 4.43. The van der Waals surface area contributed by atoms with Gasteiger partial charge in [-0.15, -0.1) is 0 Å². The molecular weight excluding hydrogens is 510 g/mol. The molecule has 0 unspecified atom stereocenters. The fraction of sp³-hybridized carbons (Fsp3) is 0.323. The predicted octanol–water partition coefficient (Wildman–Crippen LogP) is 4.61. The lowest BCUT2D eigenvalue weighted by Crippen LogP contribution is -2.43. The number of hydrogen-bond acceptors (Lipinski definition) is 6. The summed E-state index contributed by atoms with van der Waals surface area (Å²) in [5.41, 5.74) is 3.48. The van der Waals surface area contributed by atoms with E-state index in [0.29, 0.717) is 54.5 Å². The second-order valence-corrected chi connectivity index (χ2v) is 9.53. The molecule has 3 amide bonds. The molecule has 1 aliphatic rings. The zero-order chi connectivity index (χ0) is 28.5. The Hall–Kier alpha value is -4.37. The molecule has 1 heterocycles. The van der Waals surface area contributed by atoms with E-state index in [4.69, 9.17) is 14.2 Å². The van der Waals surface area contributed by atoms with E-state index >= 15 is 0 Å². The van der Waals surface area contributed by atoms with Gasteiger partial charge < -0.3 is 29.7 Å². The number of nitrogens with one attached hydrogen (secondary N) is 2. The van der Waals surface area contributed by atoms with Crippen molar-refractivity contribution in [3.8, 4) is 11.5 Å². The van der Waals surface area contributed by atoms with Crippen LogP contribution in [0.1, 0.15) is 53.4 Å². The van der Waals surface area contributed by atoms with Gasteiger partial charge in [-0.3, -0.25) is 14.4 Å². The Balaban J connectivity index is 1.69. The van der Waals surface area contributed by atoms with Crippen LogP contribution in [-0.4, -0.2) is 49.2 Å². The number of nitrogens with zero attached hydrogens (tertiary/aromatic N) is 1. The van der Waals surface area contributed by atoms with Crippen LogP contribution in [0, 0.1) is 6.92 Å². The van der Waals surface area contributed by atoms with Crippen molar-refractivity contribution < 1.29 is 28.6 Å². The van der Waals surface area contributed by atoms with E-state index in [1.807, 2.05) is 50.2 Å². The number of benzene rings is 3. The summed E-state index contributed by atoms with van der Waals surface area (Å²) in [7, 11) is 0. The zero-order valence-electron chi connectivity index (χ0n) is 23.1. The Morgan fingerprint density at radius 2 is 1.70 bits per heavy atom. The van der Waals surface area contributed by atoms with Gasteiger partial charge >= 0.3 is 0 Å². The van der Waals surface area contributed by atoms with E-state index in [9.17, 15) is 14.4 Å². The van der Waals surface area contributed by atoms with Gasteiger partial charge in [0.15, 0.2) is 11.5 Å². The van der Waals surface area contributed by atoms with Gasteiger partial charge in [0.2, 0.25) is 18.6 Å². The highest BCUT2D eigenvalue weighted by atomic mass is 16.7. The first-order valence-corrected chi connectivity index (χ1v) is 13.3. The van der Waals surface area contributed by atoms with Crippen molar-refractivity contribution in [1.82, 2.24) is 10.2 Å². The summed E-state index contributed by atoms with van der Waals surface area (Å²) in [5, 5.41) is 5.70. The first-order chi connectivity index (χ1) is 19.4. The summed E-state index contributed by atoms with van der Waals surface area (Å²) in [6, 6.07) is 18.8. The topological polar surface area (TPSA) is 106 Å². The van der Waals surface area contributed by atoms with Gasteiger partial charge in [-0.25, -0.2) is 0 Å². The number of fused-ring (bicyclic) bond motifs is 1. The Bertz CT molecular complexity index is 1320. The Morgan fingerprint density at radius 3 is 2.40 bits per heavy atom. The van der Waals surface area contributed by atoms with Gasteiger partial charge in [0.05, 0.1) is 0 Å². The molecule has 0 spiro atoms. The van der Waals surface area contributed by atoms with Crippen molar-refractivity contribution in [3.63, 3.8) is 0 Å². The summed E-state index contributed by atoms with van der Waals surface area (Å²) in [5.74, 6) is 0.407. The maximum Gasteiger partial charge on any atom is 0.255 e. The van der Waals surface area contributed by atoms with Gasteiger partial charge in [-0.1, -0.05) is 35.9 Å². The molecule has 40 heavy (non-hydrogen) atoms. The van der Waals surface area contributed by atoms with E-state index < -0.39 is 6.04 Å². The van der Waals surface area contributed by atoms with Crippen molar-refractivity contribution in [3.05, 3.63) is 89.0 Å². The molecule has 3 aromatic rings. The number of carbonyl (C=O) groups is 3. The standard InChI is InChI=1S/C31H35N3O6/c1-4-38-17-5-16-32-30(36)29(24-9-6-21(2)7-10-24)34(19-23-8-15-27-28(18-23)40-20-39-27)31(37)25-11-13-26(14-12-25)33-22(3)35/h6-15,18,29H,4-5,16-17,19-20H2,1-3H3,(H,32,36)(H,33,35)/t29-/m1/s1. The van der Waals surface area contributed by atoms with Crippen molar-refractivity contribution in [2.45, 2.75) is 39.8 Å². The average Bonchev–Trinajstić information content (AvgIpc) is 3.41. The molecule has 0 aliphatic carbocycles. The summed E-state index contributed by atoms with van der Waals surface area (Å²) in [6.45, 7) is 7.16. The number of carbonyl (C=O) groups excluding carboxylic acids is 3. The third kappa shape index (κ3) is 7.39. The molecule has 0 fully saturated rings. The van der Waals surface area contributed by atoms with Crippen LogP contribution in [0.3, 0.4) is 0 Å². The average molecular weight is 546 g/mol. The minimum Gasteiger partial charge on any atom is -0.454 e. The van der Waals surface area contributed by atoms with Crippen LogP contribution in [0.2, 0.25) is 0 Å². The van der Waals surface area contributed by atoms with E-state index in [1.54, 1.807) is 35.2 Å². The number of ether oxygens (including phenoxy) is 3. The van der Waals surface area contributed by atoms with E-state index in [-0.39, 0.29) is 31.1 Å². The highest BCUT2D eigenvalue weighted by molar-refractivity contribution is 5.98. The molecule has 9 nitrogen and oxygen atoms in total. The smallest absolute Gasteiger partial charge is 0.255 e. The van der Waals surface area contributed by atoms with Gasteiger partial charge in [0.25, 0.3) is 5.91 Å². The lowest BCUT2D eigenvalue weighted by molar-refractivity contribution is -0.126. The molecule has 210 valence electrons. The largest absolute Gasteiger partial charge is 0.454 e. The molecule has 2 N–H and O–H groups in total. The molecule has 0 radical (unpaired) electrons. The van der Waals surface area contributed by atoms with Crippen molar-refractivity contribution in [2.75, 3.05) is 31.9 Å². The van der Waals surface area contributed by atoms with Crippen molar-refractivity contribution >= 4 is 23.4 Å². The van der Waals surface area contributed by atoms with Crippen LogP contribution >= 0.6 is 0 Å². The van der Waals surface area contributed by atoms with E-state index in [2.05, 4.69) is 10.6 Å². The van der Waals surface area contributed by atoms with Crippen molar-refractivity contribution in [2.24, 2.45) is 0 Å². The van der Waals surface area contributed by atoms with Gasteiger partial charge in [-0.05, 0) is 67.8 Å². The molecule has 1 aliphatic heterocycles. The quantitative estimate of drug-likeness (QED) is 0.322. The minimum atomic E-state index is -0.902. The van der Waals surface area contributed by atoms with Crippen LogP contribution in [0.15, 0.2) is 66.7 Å². The minimum absolute atomic E-state index is 0.137. The van der Waals surface area contributed by atoms with Crippen LogP contribution < -0.4 is 20.1 Å². The zero-order valence-corrected chi connectivity index (χ0v) is 23.1. The molecule has 0 aromatic heterocycles. The highest BCUT2D eigenvalue weighted by Gasteiger charge is 2.32. The lowest BCUT2D eigenvalue weighted by Gasteiger charge is -2.32. The summed E-state index contributed by atoms with van der Waals surface area (Å²) in [6.07, 6.45) is 0.654. The fourth-order valence-electron chi connectivity index (χ4n) is 4.43. The second-order valence-electron chi connectivity index (χ2n) is 9.53. The Kier molecular flexibility index (Phi) is 9.75. The van der Waals surface area contributed by atoms with Gasteiger partial charge in [-0.2, -0.15) is 0 Å². The van der Waals surface area contributed by atoms with Crippen LogP contribution in [0.5, 0.6) is 11.5 Å². The number of aryl methyl sites for hydroxylation is 1. The maximum atomic E-state index is 14.1. The number of anilines is 1.